The van der Waals surface area contributed by atoms with Gasteiger partial charge in [0.1, 0.15) is 35.3 Å². The number of methoxy groups -OCH3 is 1. The SMILES string of the molecule is COc1cc(-c2ccc(F)cc2)cc2c(NC(C)c3nc(C(F)(F)F)no3)ncnc12. The van der Waals surface area contributed by atoms with Crippen LogP contribution in [0.3, 0.4) is 0 Å². The molecule has 2 heterocycles. The summed E-state index contributed by atoms with van der Waals surface area (Å²) < 4.78 is 61.7. The van der Waals surface area contributed by atoms with E-state index in [1.54, 1.807) is 31.2 Å². The highest BCUT2D eigenvalue weighted by atomic mass is 19.4. The van der Waals surface area contributed by atoms with Gasteiger partial charge >= 0.3 is 6.18 Å². The molecule has 0 aliphatic heterocycles. The van der Waals surface area contributed by atoms with Crippen molar-refractivity contribution in [3.05, 3.63) is 60.3 Å². The van der Waals surface area contributed by atoms with Crippen molar-refractivity contribution < 1.29 is 26.8 Å². The Morgan fingerprint density at radius 2 is 1.81 bits per heavy atom. The minimum Gasteiger partial charge on any atom is -0.494 e. The largest absolute Gasteiger partial charge is 0.494 e. The van der Waals surface area contributed by atoms with Crippen molar-refractivity contribution in [1.29, 1.82) is 0 Å². The Morgan fingerprint density at radius 3 is 2.45 bits per heavy atom. The van der Waals surface area contributed by atoms with Crippen LogP contribution in [0.2, 0.25) is 0 Å². The highest BCUT2D eigenvalue weighted by Crippen LogP contribution is 2.35. The van der Waals surface area contributed by atoms with E-state index in [1.807, 2.05) is 0 Å². The van der Waals surface area contributed by atoms with E-state index < -0.39 is 18.0 Å². The van der Waals surface area contributed by atoms with Gasteiger partial charge in [0.05, 0.1) is 7.11 Å². The first-order valence-electron chi connectivity index (χ1n) is 9.02. The fourth-order valence-corrected chi connectivity index (χ4v) is 3.01. The van der Waals surface area contributed by atoms with Gasteiger partial charge in [-0.1, -0.05) is 17.3 Å². The van der Waals surface area contributed by atoms with Gasteiger partial charge in [0, 0.05) is 5.39 Å². The predicted octanol–water partition coefficient (Wildman–Crippen LogP) is 5.02. The number of hydrogen-bond donors (Lipinski definition) is 1. The Kier molecular flexibility index (Phi) is 5.17. The summed E-state index contributed by atoms with van der Waals surface area (Å²) in [5.41, 5.74) is 1.93. The zero-order chi connectivity index (χ0) is 22.2. The lowest BCUT2D eigenvalue weighted by atomic mass is 10.0. The number of hydrogen-bond acceptors (Lipinski definition) is 7. The number of halogens is 4. The lowest BCUT2D eigenvalue weighted by molar-refractivity contribution is -0.146. The molecule has 160 valence electrons. The molecule has 1 N–H and O–H groups in total. The fraction of sp³-hybridized carbons (Fsp3) is 0.200. The standard InChI is InChI=1S/C20H15F4N5O2/c1-10(18-28-19(29-31-18)20(22,23)24)27-17-14-7-12(11-3-5-13(21)6-4-11)8-15(30-2)16(14)25-9-26-17/h3-10H,1-2H3,(H,25,26,27). The van der Waals surface area contributed by atoms with Gasteiger partial charge in [-0.05, 0) is 42.3 Å². The number of rotatable bonds is 5. The summed E-state index contributed by atoms with van der Waals surface area (Å²) in [6.07, 6.45) is -3.41. The topological polar surface area (TPSA) is 86.0 Å². The fourth-order valence-electron chi connectivity index (χ4n) is 3.01. The lowest BCUT2D eigenvalue weighted by Crippen LogP contribution is -2.11. The molecule has 1 atom stereocenters. The maximum Gasteiger partial charge on any atom is 0.455 e. The normalized spacial score (nSPS) is 12.7. The molecule has 0 saturated carbocycles. The van der Waals surface area contributed by atoms with Gasteiger partial charge in [0.25, 0.3) is 5.82 Å². The molecule has 0 radical (unpaired) electrons. The van der Waals surface area contributed by atoms with Crippen LogP contribution in [0.5, 0.6) is 5.75 Å². The van der Waals surface area contributed by atoms with Crippen molar-refractivity contribution in [1.82, 2.24) is 20.1 Å². The predicted molar refractivity (Wildman–Crippen MR) is 103 cm³/mol. The number of nitrogens with zero attached hydrogens (tertiary/aromatic N) is 4. The molecule has 4 aromatic rings. The summed E-state index contributed by atoms with van der Waals surface area (Å²) in [6.45, 7) is 1.56. The molecule has 0 aliphatic rings. The average Bonchev–Trinajstić information content (AvgIpc) is 3.25. The third-order valence-corrected chi connectivity index (χ3v) is 4.52. The van der Waals surface area contributed by atoms with Crippen LogP contribution in [0.15, 0.2) is 47.2 Å². The van der Waals surface area contributed by atoms with E-state index in [-0.39, 0.29) is 11.7 Å². The molecule has 0 amide bonds. The maximum atomic E-state index is 13.3. The summed E-state index contributed by atoms with van der Waals surface area (Å²) in [6, 6.07) is 8.66. The van der Waals surface area contributed by atoms with Gasteiger partial charge in [-0.3, -0.25) is 0 Å². The van der Waals surface area contributed by atoms with E-state index in [9.17, 15) is 17.6 Å². The van der Waals surface area contributed by atoms with Crippen LogP contribution in [0.1, 0.15) is 24.7 Å². The number of nitrogens with one attached hydrogen (secondary N) is 1. The molecule has 0 spiro atoms. The van der Waals surface area contributed by atoms with Crippen molar-refractivity contribution in [2.24, 2.45) is 0 Å². The second-order valence-electron chi connectivity index (χ2n) is 6.62. The lowest BCUT2D eigenvalue weighted by Gasteiger charge is -2.15. The number of aromatic nitrogens is 4. The van der Waals surface area contributed by atoms with Crippen molar-refractivity contribution in [2.45, 2.75) is 19.1 Å². The van der Waals surface area contributed by atoms with Crippen LogP contribution in [0, 0.1) is 5.82 Å². The number of alkyl halides is 3. The van der Waals surface area contributed by atoms with Crippen molar-refractivity contribution in [3.8, 4) is 16.9 Å². The summed E-state index contributed by atoms with van der Waals surface area (Å²) >= 11 is 0. The van der Waals surface area contributed by atoms with Gasteiger partial charge in [-0.25, -0.2) is 14.4 Å². The highest BCUT2D eigenvalue weighted by molar-refractivity contribution is 5.96. The second kappa shape index (κ2) is 7.82. The Hall–Kier alpha value is -3.76. The average molecular weight is 433 g/mol. The van der Waals surface area contributed by atoms with E-state index in [0.29, 0.717) is 28.0 Å². The first kappa shape index (κ1) is 20.5. The molecule has 0 fully saturated rings. The van der Waals surface area contributed by atoms with E-state index in [4.69, 9.17) is 9.26 Å². The summed E-state index contributed by atoms with van der Waals surface area (Å²) in [5.74, 6) is -1.20. The van der Waals surface area contributed by atoms with Gasteiger partial charge in [0.15, 0.2) is 0 Å². The number of anilines is 1. The van der Waals surface area contributed by atoms with Gasteiger partial charge in [-0.2, -0.15) is 18.2 Å². The molecule has 31 heavy (non-hydrogen) atoms. The smallest absolute Gasteiger partial charge is 0.455 e. The number of benzene rings is 2. The summed E-state index contributed by atoms with van der Waals surface area (Å²) in [5, 5.41) is 6.49. The molecule has 0 bridgehead atoms. The Bertz CT molecular complexity index is 1220. The molecule has 2 aromatic carbocycles. The Morgan fingerprint density at radius 1 is 1.06 bits per heavy atom. The third-order valence-electron chi connectivity index (χ3n) is 4.52. The monoisotopic (exact) mass is 433 g/mol. The molecular weight excluding hydrogens is 418 g/mol. The highest BCUT2D eigenvalue weighted by Gasteiger charge is 2.37. The second-order valence-corrected chi connectivity index (χ2v) is 6.62. The first-order valence-corrected chi connectivity index (χ1v) is 9.02. The van der Waals surface area contributed by atoms with Crippen LogP contribution in [0.4, 0.5) is 23.4 Å². The van der Waals surface area contributed by atoms with Gasteiger partial charge in [-0.15, -0.1) is 0 Å². The van der Waals surface area contributed by atoms with E-state index in [2.05, 4.69) is 25.4 Å². The Balaban J connectivity index is 1.74. The molecular formula is C20H15F4N5O2. The molecule has 7 nitrogen and oxygen atoms in total. The van der Waals surface area contributed by atoms with E-state index >= 15 is 0 Å². The molecule has 0 aliphatic carbocycles. The summed E-state index contributed by atoms with van der Waals surface area (Å²) in [7, 11) is 1.48. The molecule has 4 rings (SSSR count). The van der Waals surface area contributed by atoms with Gasteiger partial charge in [0.2, 0.25) is 5.89 Å². The Labute approximate surface area is 173 Å². The van der Waals surface area contributed by atoms with Crippen LogP contribution in [-0.2, 0) is 6.18 Å². The van der Waals surface area contributed by atoms with Crippen molar-refractivity contribution in [3.63, 3.8) is 0 Å². The molecule has 11 heteroatoms. The van der Waals surface area contributed by atoms with Gasteiger partial charge < -0.3 is 14.6 Å². The van der Waals surface area contributed by atoms with E-state index in [1.165, 1.54) is 25.6 Å². The van der Waals surface area contributed by atoms with Crippen molar-refractivity contribution in [2.75, 3.05) is 12.4 Å². The zero-order valence-electron chi connectivity index (χ0n) is 16.2. The minimum absolute atomic E-state index is 0.249. The zero-order valence-corrected chi connectivity index (χ0v) is 16.2. The summed E-state index contributed by atoms with van der Waals surface area (Å²) in [4.78, 5) is 11.8. The maximum absolute atomic E-state index is 13.3. The van der Waals surface area contributed by atoms with Crippen LogP contribution in [0.25, 0.3) is 22.0 Å². The molecule has 1 unspecified atom stereocenters. The van der Waals surface area contributed by atoms with E-state index in [0.717, 1.165) is 5.56 Å². The minimum atomic E-state index is -4.71. The molecule has 2 aromatic heterocycles. The number of ether oxygens (including phenoxy) is 1. The van der Waals surface area contributed by atoms with Crippen LogP contribution in [-0.4, -0.2) is 27.2 Å². The van der Waals surface area contributed by atoms with Crippen molar-refractivity contribution >= 4 is 16.7 Å². The van der Waals surface area contributed by atoms with Crippen LogP contribution < -0.4 is 10.1 Å². The number of fused-ring (bicyclic) bond motifs is 1. The van der Waals surface area contributed by atoms with Crippen LogP contribution >= 0.6 is 0 Å². The first-order chi connectivity index (χ1) is 14.8. The third kappa shape index (κ3) is 4.11. The quantitative estimate of drug-likeness (QED) is 0.442. The molecule has 0 saturated heterocycles.